The summed E-state index contributed by atoms with van der Waals surface area (Å²) in [5, 5.41) is 9.15. The van der Waals surface area contributed by atoms with Gasteiger partial charge in [-0.05, 0) is 36.6 Å². The van der Waals surface area contributed by atoms with E-state index in [2.05, 4.69) is 0 Å². The normalized spacial score (nSPS) is 23.6. The summed E-state index contributed by atoms with van der Waals surface area (Å²) in [5.41, 5.74) is 1.01. The Kier molecular flexibility index (Phi) is 4.07. The van der Waals surface area contributed by atoms with Crippen LogP contribution in [0.3, 0.4) is 0 Å². The van der Waals surface area contributed by atoms with Gasteiger partial charge in [-0.2, -0.15) is 0 Å². The van der Waals surface area contributed by atoms with Gasteiger partial charge in [0, 0.05) is 18.7 Å². The Balaban J connectivity index is 1.76. The molecule has 2 heterocycles. The number of nitrogens with zero attached hydrogens (tertiary/aromatic N) is 1. The SMILES string of the molecule is CC1CN(C(=O)C2=Cc3cc(F)ccc3OC2)CCC1C(=O)O. The summed E-state index contributed by atoms with van der Waals surface area (Å²) in [7, 11) is 0. The van der Waals surface area contributed by atoms with E-state index in [1.54, 1.807) is 17.0 Å². The van der Waals surface area contributed by atoms with Crippen molar-refractivity contribution < 1.29 is 23.8 Å². The maximum atomic E-state index is 13.3. The van der Waals surface area contributed by atoms with E-state index in [0.717, 1.165) is 0 Å². The van der Waals surface area contributed by atoms with Crippen LogP contribution in [0.25, 0.3) is 6.08 Å². The zero-order chi connectivity index (χ0) is 16.6. The molecule has 6 heteroatoms. The van der Waals surface area contributed by atoms with Crippen molar-refractivity contribution in [2.45, 2.75) is 13.3 Å². The predicted octanol–water partition coefficient (Wildman–Crippen LogP) is 2.17. The number of benzene rings is 1. The average Bonchev–Trinajstić information content (AvgIpc) is 2.53. The van der Waals surface area contributed by atoms with Crippen molar-refractivity contribution in [1.29, 1.82) is 0 Å². The summed E-state index contributed by atoms with van der Waals surface area (Å²) in [6.45, 7) is 2.80. The molecule has 0 spiro atoms. The topological polar surface area (TPSA) is 66.8 Å². The Labute approximate surface area is 133 Å². The molecule has 23 heavy (non-hydrogen) atoms. The Morgan fingerprint density at radius 3 is 2.87 bits per heavy atom. The highest BCUT2D eigenvalue weighted by Gasteiger charge is 2.34. The Hall–Kier alpha value is -2.37. The molecule has 2 atom stereocenters. The van der Waals surface area contributed by atoms with Gasteiger partial charge in [0.2, 0.25) is 0 Å². The summed E-state index contributed by atoms with van der Waals surface area (Å²) in [5.74, 6) is -1.32. The number of amides is 1. The van der Waals surface area contributed by atoms with E-state index in [1.807, 2.05) is 6.92 Å². The number of ether oxygens (including phenoxy) is 1. The second-order valence-corrected chi connectivity index (χ2v) is 6.10. The summed E-state index contributed by atoms with van der Waals surface area (Å²) in [6.07, 6.45) is 2.10. The number of fused-ring (bicyclic) bond motifs is 1. The van der Waals surface area contributed by atoms with Gasteiger partial charge in [0.25, 0.3) is 5.91 Å². The van der Waals surface area contributed by atoms with E-state index >= 15 is 0 Å². The monoisotopic (exact) mass is 319 g/mol. The molecule has 0 bridgehead atoms. The van der Waals surface area contributed by atoms with Crippen molar-refractivity contribution in [3.63, 3.8) is 0 Å². The van der Waals surface area contributed by atoms with E-state index in [0.29, 0.717) is 36.4 Å². The number of hydrogen-bond donors (Lipinski definition) is 1. The van der Waals surface area contributed by atoms with Gasteiger partial charge in [0.05, 0.1) is 11.5 Å². The lowest BCUT2D eigenvalue weighted by Crippen LogP contribution is -2.46. The first-order valence-electron chi connectivity index (χ1n) is 7.60. The van der Waals surface area contributed by atoms with Crippen LogP contribution in [0, 0.1) is 17.7 Å². The number of carbonyl (C=O) groups is 2. The molecule has 2 unspecified atom stereocenters. The van der Waals surface area contributed by atoms with Crippen LogP contribution >= 0.6 is 0 Å². The summed E-state index contributed by atoms with van der Waals surface area (Å²) >= 11 is 0. The fraction of sp³-hybridized carbons (Fsp3) is 0.412. The molecule has 0 radical (unpaired) electrons. The molecule has 0 saturated carbocycles. The zero-order valence-electron chi connectivity index (χ0n) is 12.8. The van der Waals surface area contributed by atoms with Gasteiger partial charge in [-0.1, -0.05) is 6.92 Å². The molecular weight excluding hydrogens is 301 g/mol. The number of halogens is 1. The third-order valence-electron chi connectivity index (χ3n) is 4.47. The number of rotatable bonds is 2. The molecule has 5 nitrogen and oxygen atoms in total. The molecular formula is C17H18FNO4. The number of carboxylic acids is 1. The van der Waals surface area contributed by atoms with Crippen molar-refractivity contribution in [2.75, 3.05) is 19.7 Å². The molecule has 3 rings (SSSR count). The van der Waals surface area contributed by atoms with Crippen molar-refractivity contribution in [3.8, 4) is 5.75 Å². The molecule has 1 amide bonds. The van der Waals surface area contributed by atoms with Crippen LogP contribution < -0.4 is 4.74 Å². The lowest BCUT2D eigenvalue weighted by molar-refractivity contribution is -0.147. The Morgan fingerprint density at radius 1 is 1.39 bits per heavy atom. The van der Waals surface area contributed by atoms with Crippen LogP contribution in [0.1, 0.15) is 18.9 Å². The molecule has 122 valence electrons. The highest BCUT2D eigenvalue weighted by molar-refractivity contribution is 5.99. The molecule has 0 aliphatic carbocycles. The van der Waals surface area contributed by atoms with Crippen LogP contribution in [-0.4, -0.2) is 41.6 Å². The number of piperidine rings is 1. The third-order valence-corrected chi connectivity index (χ3v) is 4.47. The summed E-state index contributed by atoms with van der Waals surface area (Å²) < 4.78 is 18.8. The van der Waals surface area contributed by atoms with Gasteiger partial charge in [-0.15, -0.1) is 0 Å². The lowest BCUT2D eigenvalue weighted by atomic mass is 9.86. The van der Waals surface area contributed by atoms with Gasteiger partial charge in [0.15, 0.2) is 0 Å². The Morgan fingerprint density at radius 2 is 2.17 bits per heavy atom. The number of aliphatic carboxylic acids is 1. The first-order chi connectivity index (χ1) is 11.0. The number of hydrogen-bond acceptors (Lipinski definition) is 3. The second kappa shape index (κ2) is 6.02. The fourth-order valence-electron chi connectivity index (χ4n) is 3.17. The van der Waals surface area contributed by atoms with Gasteiger partial charge in [-0.25, -0.2) is 4.39 Å². The number of carboxylic acid groups (broad SMARTS) is 1. The van der Waals surface area contributed by atoms with Crippen LogP contribution in [0.2, 0.25) is 0 Å². The van der Waals surface area contributed by atoms with Gasteiger partial charge in [-0.3, -0.25) is 9.59 Å². The molecule has 1 aromatic rings. The van der Waals surface area contributed by atoms with Gasteiger partial charge >= 0.3 is 5.97 Å². The lowest BCUT2D eigenvalue weighted by Gasteiger charge is -2.35. The van der Waals surface area contributed by atoms with E-state index in [1.165, 1.54) is 12.1 Å². The minimum atomic E-state index is -0.811. The van der Waals surface area contributed by atoms with Crippen LogP contribution in [0.15, 0.2) is 23.8 Å². The molecule has 1 N–H and O–H groups in total. The molecule has 1 aromatic carbocycles. The van der Waals surface area contributed by atoms with Crippen LogP contribution in [0.5, 0.6) is 5.75 Å². The number of likely N-dealkylation sites (tertiary alicyclic amines) is 1. The molecule has 2 aliphatic rings. The van der Waals surface area contributed by atoms with E-state index in [4.69, 9.17) is 9.84 Å². The van der Waals surface area contributed by atoms with Crippen LogP contribution in [-0.2, 0) is 9.59 Å². The highest BCUT2D eigenvalue weighted by atomic mass is 19.1. The summed E-state index contributed by atoms with van der Waals surface area (Å²) in [4.78, 5) is 25.4. The molecule has 0 aromatic heterocycles. The predicted molar refractivity (Wildman–Crippen MR) is 81.4 cm³/mol. The maximum absolute atomic E-state index is 13.3. The van der Waals surface area contributed by atoms with Crippen molar-refractivity contribution >= 4 is 18.0 Å². The van der Waals surface area contributed by atoms with E-state index in [9.17, 15) is 14.0 Å². The molecule has 1 fully saturated rings. The zero-order valence-corrected chi connectivity index (χ0v) is 12.8. The standard InChI is InChI=1S/C17H18FNO4/c1-10-8-19(5-4-14(10)17(21)22)16(20)12-6-11-7-13(18)2-3-15(11)23-9-12/h2-3,6-7,10,14H,4-5,8-9H2,1H3,(H,21,22). The summed E-state index contributed by atoms with van der Waals surface area (Å²) in [6, 6.07) is 4.20. The van der Waals surface area contributed by atoms with Gasteiger partial charge in [0.1, 0.15) is 18.2 Å². The first kappa shape index (κ1) is 15.5. The average molecular weight is 319 g/mol. The van der Waals surface area contributed by atoms with Gasteiger partial charge < -0.3 is 14.7 Å². The third kappa shape index (κ3) is 3.06. The first-order valence-corrected chi connectivity index (χ1v) is 7.60. The molecule has 1 saturated heterocycles. The maximum Gasteiger partial charge on any atom is 0.306 e. The fourth-order valence-corrected chi connectivity index (χ4v) is 3.17. The van der Waals surface area contributed by atoms with E-state index < -0.39 is 11.9 Å². The minimum absolute atomic E-state index is 0.0972. The van der Waals surface area contributed by atoms with Crippen molar-refractivity contribution in [1.82, 2.24) is 4.90 Å². The highest BCUT2D eigenvalue weighted by Crippen LogP contribution is 2.29. The minimum Gasteiger partial charge on any atom is -0.488 e. The van der Waals surface area contributed by atoms with Crippen LogP contribution in [0.4, 0.5) is 4.39 Å². The van der Waals surface area contributed by atoms with Crippen molar-refractivity contribution in [2.24, 2.45) is 11.8 Å². The second-order valence-electron chi connectivity index (χ2n) is 6.10. The quantitative estimate of drug-likeness (QED) is 0.907. The Bertz CT molecular complexity index is 685. The molecule has 2 aliphatic heterocycles. The van der Waals surface area contributed by atoms with E-state index in [-0.39, 0.29) is 24.2 Å². The number of carbonyl (C=O) groups excluding carboxylic acids is 1. The van der Waals surface area contributed by atoms with Crippen molar-refractivity contribution in [3.05, 3.63) is 35.2 Å². The largest absolute Gasteiger partial charge is 0.488 e. The smallest absolute Gasteiger partial charge is 0.306 e.